The molecule has 0 bridgehead atoms. The van der Waals surface area contributed by atoms with Gasteiger partial charge in [0.1, 0.15) is 6.61 Å². The second-order valence-electron chi connectivity index (χ2n) is 5.13. The van der Waals surface area contributed by atoms with E-state index in [1.807, 2.05) is 19.1 Å². The van der Waals surface area contributed by atoms with Gasteiger partial charge in [-0.05, 0) is 18.6 Å². The number of nitrogens with zero attached hydrogens (tertiary/aromatic N) is 5. The summed E-state index contributed by atoms with van der Waals surface area (Å²) in [5.41, 5.74) is 8.77. The minimum atomic E-state index is -0.140. The largest absolute Gasteiger partial charge is 0.468 e. The van der Waals surface area contributed by atoms with Gasteiger partial charge in [0.25, 0.3) is 6.01 Å². The summed E-state index contributed by atoms with van der Waals surface area (Å²) in [6.07, 6.45) is 1.79. The summed E-state index contributed by atoms with van der Waals surface area (Å²) in [6.45, 7) is 2.33. The molecule has 0 aliphatic heterocycles. The molecular formula is C15H18N6O3. The minimum Gasteiger partial charge on any atom is -0.468 e. The van der Waals surface area contributed by atoms with Crippen LogP contribution in [0.2, 0.25) is 0 Å². The number of hydrogen-bond acceptors (Lipinski definition) is 8. The van der Waals surface area contributed by atoms with Gasteiger partial charge in [0.05, 0.1) is 20.3 Å². The fraction of sp³-hybridized carbons (Fsp3) is 0.333. The quantitative estimate of drug-likeness (QED) is 0.671. The maximum atomic E-state index is 8.87. The molecular weight excluding hydrogens is 312 g/mol. The number of aliphatic hydroxyl groups is 1. The molecule has 3 rings (SSSR count). The van der Waals surface area contributed by atoms with E-state index in [1.165, 1.54) is 7.11 Å². The first kappa shape index (κ1) is 15.9. The van der Waals surface area contributed by atoms with Crippen LogP contribution in [0.4, 0.5) is 5.82 Å². The Kier molecular flexibility index (Phi) is 4.43. The predicted molar refractivity (Wildman–Crippen MR) is 86.9 cm³/mol. The summed E-state index contributed by atoms with van der Waals surface area (Å²) in [5, 5.41) is 8.87. The molecule has 126 valence electrons. The number of anilines is 1. The lowest BCUT2D eigenvalue weighted by Gasteiger charge is -2.08. The van der Waals surface area contributed by atoms with Gasteiger partial charge in [0.15, 0.2) is 17.0 Å². The number of imidazole rings is 1. The number of aromatic nitrogens is 5. The third-order valence-corrected chi connectivity index (χ3v) is 3.38. The van der Waals surface area contributed by atoms with Crippen molar-refractivity contribution in [3.8, 4) is 12.0 Å². The van der Waals surface area contributed by atoms with Gasteiger partial charge in [-0.1, -0.05) is 6.07 Å². The fourth-order valence-electron chi connectivity index (χ4n) is 2.26. The van der Waals surface area contributed by atoms with Crippen LogP contribution >= 0.6 is 0 Å². The molecule has 0 amide bonds. The van der Waals surface area contributed by atoms with E-state index in [2.05, 4.69) is 19.9 Å². The Balaban J connectivity index is 2.06. The third kappa shape index (κ3) is 3.06. The van der Waals surface area contributed by atoms with Crippen molar-refractivity contribution >= 4 is 17.0 Å². The van der Waals surface area contributed by atoms with Crippen molar-refractivity contribution in [2.24, 2.45) is 0 Å². The lowest BCUT2D eigenvalue weighted by molar-refractivity contribution is 0.192. The number of ether oxygens (including phenoxy) is 2. The zero-order chi connectivity index (χ0) is 17.1. The molecule has 0 saturated heterocycles. The van der Waals surface area contributed by atoms with Crippen molar-refractivity contribution in [2.45, 2.75) is 13.5 Å². The molecule has 0 radical (unpaired) electrons. The second-order valence-corrected chi connectivity index (χ2v) is 5.13. The molecule has 24 heavy (non-hydrogen) atoms. The molecule has 0 aliphatic carbocycles. The summed E-state index contributed by atoms with van der Waals surface area (Å²) in [5.74, 6) is 0.187. The number of methoxy groups -OCH3 is 1. The number of fused-ring (bicyclic) bond motifs is 1. The maximum Gasteiger partial charge on any atom is 0.320 e. The lowest BCUT2D eigenvalue weighted by atomic mass is 10.2. The number of rotatable bonds is 6. The summed E-state index contributed by atoms with van der Waals surface area (Å²) in [7, 11) is 1.53. The fourth-order valence-corrected chi connectivity index (χ4v) is 2.26. The van der Waals surface area contributed by atoms with Crippen LogP contribution in [0.3, 0.4) is 0 Å². The highest BCUT2D eigenvalue weighted by atomic mass is 16.5. The van der Waals surface area contributed by atoms with E-state index in [0.29, 0.717) is 23.7 Å². The average Bonchev–Trinajstić information content (AvgIpc) is 2.93. The summed E-state index contributed by atoms with van der Waals surface area (Å²) >= 11 is 0. The molecule has 0 aromatic carbocycles. The van der Waals surface area contributed by atoms with Crippen LogP contribution in [-0.2, 0) is 6.54 Å². The second kappa shape index (κ2) is 6.67. The Morgan fingerprint density at radius 1 is 1.25 bits per heavy atom. The lowest BCUT2D eigenvalue weighted by Crippen LogP contribution is -2.08. The van der Waals surface area contributed by atoms with Crippen LogP contribution in [0.1, 0.15) is 11.3 Å². The van der Waals surface area contributed by atoms with E-state index in [-0.39, 0.29) is 25.0 Å². The first-order valence-corrected chi connectivity index (χ1v) is 7.35. The number of hydrogen-bond donors (Lipinski definition) is 2. The van der Waals surface area contributed by atoms with Crippen molar-refractivity contribution in [3.63, 3.8) is 0 Å². The van der Waals surface area contributed by atoms with Crippen LogP contribution in [0, 0.1) is 6.92 Å². The molecule has 0 unspecified atom stereocenters. The monoisotopic (exact) mass is 330 g/mol. The van der Waals surface area contributed by atoms with Crippen LogP contribution < -0.4 is 15.2 Å². The molecule has 3 heterocycles. The first-order valence-electron chi connectivity index (χ1n) is 7.35. The number of aliphatic hydroxyl groups excluding tert-OH is 1. The Labute approximate surface area is 138 Å². The van der Waals surface area contributed by atoms with E-state index in [0.717, 1.165) is 11.3 Å². The van der Waals surface area contributed by atoms with Crippen LogP contribution in [0.5, 0.6) is 12.0 Å². The zero-order valence-corrected chi connectivity index (χ0v) is 13.4. The van der Waals surface area contributed by atoms with Crippen molar-refractivity contribution in [1.82, 2.24) is 24.5 Å². The molecule has 0 fully saturated rings. The summed E-state index contributed by atoms with van der Waals surface area (Å²) in [6, 6.07) is 4.35. The van der Waals surface area contributed by atoms with Gasteiger partial charge in [-0.3, -0.25) is 9.55 Å². The SMILES string of the molecule is COc1nc2c(N)nc(OCCO)nc2n1Cc1ccc(C)nc1. The normalized spacial score (nSPS) is 11.0. The van der Waals surface area contributed by atoms with Crippen molar-refractivity contribution in [2.75, 3.05) is 26.1 Å². The van der Waals surface area contributed by atoms with Gasteiger partial charge < -0.3 is 20.3 Å². The standard InChI is InChI=1S/C15H18N6O3/c1-9-3-4-10(7-17-9)8-21-13-11(18-15(21)23-2)12(16)19-14(20-13)24-6-5-22/h3-4,7,22H,5-6,8H2,1-2H3,(H2,16,19,20). The van der Waals surface area contributed by atoms with Crippen molar-refractivity contribution < 1.29 is 14.6 Å². The predicted octanol–water partition coefficient (Wildman–Crippen LogP) is 0.540. The summed E-state index contributed by atoms with van der Waals surface area (Å²) in [4.78, 5) is 17.0. The topological polar surface area (TPSA) is 121 Å². The zero-order valence-electron chi connectivity index (χ0n) is 13.4. The number of pyridine rings is 1. The number of nitrogen functional groups attached to an aromatic ring is 1. The highest BCUT2D eigenvalue weighted by molar-refractivity contribution is 5.83. The number of nitrogens with two attached hydrogens (primary N) is 1. The van der Waals surface area contributed by atoms with E-state index in [9.17, 15) is 0 Å². The molecule has 3 N–H and O–H groups in total. The smallest absolute Gasteiger partial charge is 0.320 e. The van der Waals surface area contributed by atoms with Gasteiger partial charge in [-0.25, -0.2) is 0 Å². The van der Waals surface area contributed by atoms with E-state index in [4.69, 9.17) is 20.3 Å². The third-order valence-electron chi connectivity index (χ3n) is 3.38. The highest BCUT2D eigenvalue weighted by Crippen LogP contribution is 2.26. The molecule has 0 spiro atoms. The van der Waals surface area contributed by atoms with E-state index in [1.54, 1.807) is 10.8 Å². The highest BCUT2D eigenvalue weighted by Gasteiger charge is 2.18. The van der Waals surface area contributed by atoms with E-state index < -0.39 is 0 Å². The Morgan fingerprint density at radius 3 is 2.75 bits per heavy atom. The maximum absolute atomic E-state index is 8.87. The Bertz CT molecular complexity index is 847. The minimum absolute atomic E-state index is 0.0814. The first-order chi connectivity index (χ1) is 11.6. The van der Waals surface area contributed by atoms with Crippen LogP contribution in [0.25, 0.3) is 11.2 Å². The van der Waals surface area contributed by atoms with Crippen molar-refractivity contribution in [3.05, 3.63) is 29.6 Å². The molecule has 0 saturated carbocycles. The van der Waals surface area contributed by atoms with Gasteiger partial charge in [0.2, 0.25) is 0 Å². The Hall–Kier alpha value is -2.94. The van der Waals surface area contributed by atoms with Crippen LogP contribution in [-0.4, -0.2) is 49.9 Å². The van der Waals surface area contributed by atoms with Gasteiger partial charge >= 0.3 is 6.01 Å². The Morgan fingerprint density at radius 2 is 2.08 bits per heavy atom. The van der Waals surface area contributed by atoms with E-state index >= 15 is 0 Å². The van der Waals surface area contributed by atoms with Gasteiger partial charge in [-0.2, -0.15) is 15.0 Å². The molecule has 0 atom stereocenters. The molecule has 9 heteroatoms. The van der Waals surface area contributed by atoms with Gasteiger partial charge in [-0.15, -0.1) is 0 Å². The number of aryl methyl sites for hydroxylation is 1. The molecule has 3 aromatic rings. The van der Waals surface area contributed by atoms with Crippen LogP contribution in [0.15, 0.2) is 18.3 Å². The molecule has 9 nitrogen and oxygen atoms in total. The molecule has 3 aromatic heterocycles. The average molecular weight is 330 g/mol. The summed E-state index contributed by atoms with van der Waals surface area (Å²) < 4.78 is 12.4. The van der Waals surface area contributed by atoms with Gasteiger partial charge in [0, 0.05) is 11.9 Å². The molecule has 0 aliphatic rings. The van der Waals surface area contributed by atoms with Crippen molar-refractivity contribution in [1.29, 1.82) is 0 Å².